The van der Waals surface area contributed by atoms with Gasteiger partial charge in [0.15, 0.2) is 0 Å². The molecule has 0 saturated heterocycles. The van der Waals surface area contributed by atoms with E-state index >= 15 is 0 Å². The summed E-state index contributed by atoms with van der Waals surface area (Å²) in [5.74, 6) is 0. The SMILES string of the molecule is CCCCOCC(O)CNC(CC)c1cccs1. The molecule has 1 heterocycles. The van der Waals surface area contributed by atoms with Crippen LogP contribution in [0.15, 0.2) is 17.5 Å². The molecule has 4 heteroatoms. The molecule has 1 aromatic heterocycles. The Labute approximate surface area is 114 Å². The first kappa shape index (κ1) is 15.6. The minimum atomic E-state index is -0.420. The molecule has 0 fully saturated rings. The van der Waals surface area contributed by atoms with Crippen molar-refractivity contribution >= 4 is 11.3 Å². The van der Waals surface area contributed by atoms with Gasteiger partial charge < -0.3 is 15.2 Å². The lowest BCUT2D eigenvalue weighted by molar-refractivity contribution is 0.0345. The maximum absolute atomic E-state index is 9.81. The molecule has 0 saturated carbocycles. The molecule has 0 aliphatic heterocycles. The fourth-order valence-corrected chi connectivity index (χ4v) is 2.62. The van der Waals surface area contributed by atoms with Gasteiger partial charge in [-0.15, -0.1) is 11.3 Å². The molecule has 0 spiro atoms. The van der Waals surface area contributed by atoms with Crippen LogP contribution in [0, 0.1) is 0 Å². The van der Waals surface area contributed by atoms with Crippen molar-refractivity contribution in [3.63, 3.8) is 0 Å². The number of hydrogen-bond acceptors (Lipinski definition) is 4. The van der Waals surface area contributed by atoms with Crippen LogP contribution in [0.25, 0.3) is 0 Å². The van der Waals surface area contributed by atoms with E-state index in [1.54, 1.807) is 11.3 Å². The van der Waals surface area contributed by atoms with Crippen LogP contribution >= 0.6 is 11.3 Å². The van der Waals surface area contributed by atoms with Crippen LogP contribution in [-0.4, -0.2) is 31.0 Å². The topological polar surface area (TPSA) is 41.5 Å². The number of ether oxygens (including phenoxy) is 1. The van der Waals surface area contributed by atoms with Crippen molar-refractivity contribution in [2.24, 2.45) is 0 Å². The summed E-state index contributed by atoms with van der Waals surface area (Å²) in [5.41, 5.74) is 0. The minimum absolute atomic E-state index is 0.343. The average Bonchev–Trinajstić information content (AvgIpc) is 2.89. The van der Waals surface area contributed by atoms with Gasteiger partial charge in [0.05, 0.1) is 12.7 Å². The van der Waals surface area contributed by atoms with Crippen molar-refractivity contribution in [3.8, 4) is 0 Å². The van der Waals surface area contributed by atoms with Gasteiger partial charge in [0, 0.05) is 24.1 Å². The number of unbranched alkanes of at least 4 members (excludes halogenated alkanes) is 1. The number of rotatable bonds is 10. The Bertz CT molecular complexity index is 290. The molecule has 0 radical (unpaired) electrons. The van der Waals surface area contributed by atoms with Gasteiger partial charge in [-0.1, -0.05) is 26.3 Å². The molecule has 0 bridgehead atoms. The summed E-state index contributed by atoms with van der Waals surface area (Å²) < 4.78 is 5.41. The van der Waals surface area contributed by atoms with E-state index in [1.165, 1.54) is 4.88 Å². The van der Waals surface area contributed by atoms with Gasteiger partial charge in [-0.2, -0.15) is 0 Å². The van der Waals surface area contributed by atoms with E-state index < -0.39 is 6.10 Å². The highest BCUT2D eigenvalue weighted by atomic mass is 32.1. The Morgan fingerprint density at radius 1 is 1.44 bits per heavy atom. The van der Waals surface area contributed by atoms with E-state index in [1.807, 2.05) is 0 Å². The number of thiophene rings is 1. The molecule has 0 aliphatic carbocycles. The monoisotopic (exact) mass is 271 g/mol. The van der Waals surface area contributed by atoms with Crippen molar-refractivity contribution in [1.29, 1.82) is 0 Å². The summed E-state index contributed by atoms with van der Waals surface area (Å²) in [6, 6.07) is 4.54. The molecular weight excluding hydrogens is 246 g/mol. The molecule has 1 aromatic rings. The lowest BCUT2D eigenvalue weighted by atomic mass is 10.2. The van der Waals surface area contributed by atoms with Crippen LogP contribution in [0.2, 0.25) is 0 Å². The number of aliphatic hydroxyl groups is 1. The van der Waals surface area contributed by atoms with E-state index in [4.69, 9.17) is 4.74 Å². The van der Waals surface area contributed by atoms with Crippen LogP contribution < -0.4 is 5.32 Å². The predicted molar refractivity (Wildman–Crippen MR) is 77.1 cm³/mol. The van der Waals surface area contributed by atoms with E-state index in [0.717, 1.165) is 25.9 Å². The molecule has 1 rings (SSSR count). The predicted octanol–water partition coefficient (Wildman–Crippen LogP) is 2.97. The first-order valence-corrected chi connectivity index (χ1v) is 7.68. The third kappa shape index (κ3) is 5.96. The zero-order valence-electron chi connectivity index (χ0n) is 11.4. The summed E-state index contributed by atoms with van der Waals surface area (Å²) in [4.78, 5) is 1.33. The van der Waals surface area contributed by atoms with Crippen LogP contribution in [0.1, 0.15) is 44.0 Å². The first-order chi connectivity index (χ1) is 8.77. The van der Waals surface area contributed by atoms with Crippen molar-refractivity contribution in [2.45, 2.75) is 45.3 Å². The second-order valence-corrected chi connectivity index (χ2v) is 5.45. The molecule has 2 atom stereocenters. The third-order valence-corrected chi connectivity index (χ3v) is 3.83. The van der Waals surface area contributed by atoms with Gasteiger partial charge in [0.2, 0.25) is 0 Å². The summed E-state index contributed by atoms with van der Waals surface area (Å²) in [7, 11) is 0. The molecule has 104 valence electrons. The highest BCUT2D eigenvalue weighted by Crippen LogP contribution is 2.21. The summed E-state index contributed by atoms with van der Waals surface area (Å²) in [5, 5.41) is 15.3. The Morgan fingerprint density at radius 2 is 2.28 bits per heavy atom. The average molecular weight is 271 g/mol. The Kier molecular flexibility index (Phi) is 8.25. The molecule has 0 aromatic carbocycles. The van der Waals surface area contributed by atoms with Gasteiger partial charge in [-0.25, -0.2) is 0 Å². The zero-order valence-corrected chi connectivity index (χ0v) is 12.2. The second-order valence-electron chi connectivity index (χ2n) is 4.47. The maximum atomic E-state index is 9.81. The van der Waals surface area contributed by atoms with E-state index in [0.29, 0.717) is 19.2 Å². The highest BCUT2D eigenvalue weighted by molar-refractivity contribution is 7.10. The van der Waals surface area contributed by atoms with E-state index in [9.17, 15) is 5.11 Å². The smallest absolute Gasteiger partial charge is 0.0897 e. The third-order valence-electron chi connectivity index (χ3n) is 2.85. The van der Waals surface area contributed by atoms with Gasteiger partial charge in [0.25, 0.3) is 0 Å². The molecule has 3 nitrogen and oxygen atoms in total. The van der Waals surface area contributed by atoms with Crippen LogP contribution in [-0.2, 0) is 4.74 Å². The number of hydrogen-bond donors (Lipinski definition) is 2. The van der Waals surface area contributed by atoms with Gasteiger partial charge in [-0.05, 0) is 24.3 Å². The van der Waals surface area contributed by atoms with E-state index in [2.05, 4.69) is 36.7 Å². The Morgan fingerprint density at radius 3 is 2.89 bits per heavy atom. The molecule has 18 heavy (non-hydrogen) atoms. The largest absolute Gasteiger partial charge is 0.389 e. The minimum Gasteiger partial charge on any atom is -0.389 e. The quantitative estimate of drug-likeness (QED) is 0.643. The van der Waals surface area contributed by atoms with Crippen molar-refractivity contribution in [3.05, 3.63) is 22.4 Å². The zero-order chi connectivity index (χ0) is 13.2. The Balaban J connectivity index is 2.18. The van der Waals surface area contributed by atoms with Gasteiger partial charge in [-0.3, -0.25) is 0 Å². The highest BCUT2D eigenvalue weighted by Gasteiger charge is 2.12. The maximum Gasteiger partial charge on any atom is 0.0897 e. The van der Waals surface area contributed by atoms with Crippen LogP contribution in [0.5, 0.6) is 0 Å². The summed E-state index contributed by atoms with van der Waals surface area (Å²) in [6.45, 7) is 6.04. The molecular formula is C14H25NO2S. The van der Waals surface area contributed by atoms with Crippen LogP contribution in [0.3, 0.4) is 0 Å². The lowest BCUT2D eigenvalue weighted by Gasteiger charge is -2.18. The standard InChI is InChI=1S/C14H25NO2S/c1-3-5-8-17-11-12(16)10-15-13(4-2)14-7-6-9-18-14/h6-7,9,12-13,15-16H,3-5,8,10-11H2,1-2H3. The first-order valence-electron chi connectivity index (χ1n) is 6.80. The van der Waals surface area contributed by atoms with E-state index in [-0.39, 0.29) is 0 Å². The fraction of sp³-hybridized carbons (Fsp3) is 0.714. The molecule has 0 amide bonds. The van der Waals surface area contributed by atoms with Gasteiger partial charge in [0.1, 0.15) is 0 Å². The summed E-state index contributed by atoms with van der Waals surface area (Å²) in [6.07, 6.45) is 2.80. The molecule has 2 N–H and O–H groups in total. The molecule has 0 aliphatic rings. The lowest BCUT2D eigenvalue weighted by Crippen LogP contribution is -2.32. The molecule has 2 unspecified atom stereocenters. The van der Waals surface area contributed by atoms with Crippen LogP contribution in [0.4, 0.5) is 0 Å². The second kappa shape index (κ2) is 9.50. The van der Waals surface area contributed by atoms with Crippen molar-refractivity contribution in [2.75, 3.05) is 19.8 Å². The normalized spacial score (nSPS) is 14.6. The van der Waals surface area contributed by atoms with Gasteiger partial charge >= 0.3 is 0 Å². The summed E-state index contributed by atoms with van der Waals surface area (Å²) >= 11 is 1.76. The Hall–Kier alpha value is -0.420. The number of aliphatic hydroxyl groups excluding tert-OH is 1. The number of nitrogens with one attached hydrogen (secondary N) is 1. The fourth-order valence-electron chi connectivity index (χ4n) is 1.74. The van der Waals surface area contributed by atoms with Crippen molar-refractivity contribution < 1.29 is 9.84 Å². The van der Waals surface area contributed by atoms with Crippen molar-refractivity contribution in [1.82, 2.24) is 5.32 Å².